The van der Waals surface area contributed by atoms with Crippen LogP contribution in [0.1, 0.15) is 27.5 Å². The van der Waals surface area contributed by atoms with Crippen molar-refractivity contribution in [1.82, 2.24) is 15.2 Å². The van der Waals surface area contributed by atoms with Crippen molar-refractivity contribution in [2.45, 2.75) is 12.6 Å². The quantitative estimate of drug-likeness (QED) is 0.712. The van der Waals surface area contributed by atoms with E-state index >= 15 is 0 Å². The molecule has 1 saturated heterocycles. The van der Waals surface area contributed by atoms with Crippen LogP contribution in [0.15, 0.2) is 42.7 Å². The highest BCUT2D eigenvalue weighted by Gasteiger charge is 2.29. The number of aromatic nitrogens is 1. The molecule has 1 aliphatic rings. The van der Waals surface area contributed by atoms with Crippen LogP contribution in [0.25, 0.3) is 0 Å². The first kappa shape index (κ1) is 22.2. The highest BCUT2D eigenvalue weighted by atomic mass is 35.5. The number of piperazine rings is 1. The lowest BCUT2D eigenvalue weighted by atomic mass is 10.0. The molecule has 152 valence electrons. The Hall–Kier alpha value is -2.06. The third-order valence-corrected chi connectivity index (χ3v) is 4.56. The summed E-state index contributed by atoms with van der Waals surface area (Å²) in [7, 11) is 1.58. The van der Waals surface area contributed by atoms with Crippen LogP contribution in [-0.2, 0) is 16.1 Å². The fraction of sp³-hybridized carbons (Fsp3) is 0.400. The van der Waals surface area contributed by atoms with Gasteiger partial charge in [0.1, 0.15) is 5.82 Å². The molecule has 1 aromatic heterocycles. The van der Waals surface area contributed by atoms with Crippen LogP contribution >= 0.6 is 12.4 Å². The second kappa shape index (κ2) is 11.1. The second-order valence-corrected chi connectivity index (χ2v) is 6.36. The Morgan fingerprint density at radius 2 is 2.21 bits per heavy atom. The smallest absolute Gasteiger partial charge is 0.254 e. The van der Waals surface area contributed by atoms with E-state index in [0.29, 0.717) is 37.4 Å². The average Bonchev–Trinajstić information content (AvgIpc) is 2.72. The standard InChI is InChI=1S/C20H24FN3O3.ClH/c1-26-9-10-27-14-17-11-15(4-5-18(17)21)20(25)24-8-7-23-13-19(24)16-3-2-6-22-12-16;/h2-6,11-12,19,23H,7-10,13-14H2,1H3;1H. The van der Waals surface area contributed by atoms with Crippen molar-refractivity contribution in [3.05, 3.63) is 65.2 Å². The monoisotopic (exact) mass is 409 g/mol. The van der Waals surface area contributed by atoms with Gasteiger partial charge in [-0.3, -0.25) is 9.78 Å². The molecule has 0 bridgehead atoms. The van der Waals surface area contributed by atoms with Gasteiger partial charge in [-0.15, -0.1) is 12.4 Å². The lowest BCUT2D eigenvalue weighted by molar-refractivity contribution is 0.0598. The zero-order valence-corrected chi connectivity index (χ0v) is 16.6. The predicted molar refractivity (Wildman–Crippen MR) is 106 cm³/mol. The van der Waals surface area contributed by atoms with E-state index < -0.39 is 0 Å². The molecule has 1 fully saturated rings. The minimum Gasteiger partial charge on any atom is -0.382 e. The van der Waals surface area contributed by atoms with Crippen LogP contribution < -0.4 is 5.32 Å². The van der Waals surface area contributed by atoms with E-state index in [9.17, 15) is 9.18 Å². The number of rotatable bonds is 7. The zero-order chi connectivity index (χ0) is 19.1. The Labute approximate surface area is 170 Å². The van der Waals surface area contributed by atoms with Gasteiger partial charge in [0.15, 0.2) is 0 Å². The molecule has 0 aliphatic carbocycles. The molecular formula is C20H25ClFN3O3. The van der Waals surface area contributed by atoms with Gasteiger partial charge < -0.3 is 19.7 Å². The van der Waals surface area contributed by atoms with Crippen molar-refractivity contribution in [2.75, 3.05) is 40.0 Å². The van der Waals surface area contributed by atoms with E-state index in [1.165, 1.54) is 12.1 Å². The molecule has 2 aromatic rings. The third-order valence-electron chi connectivity index (χ3n) is 4.56. The Bertz CT molecular complexity index is 764. The number of amides is 1. The number of pyridine rings is 1. The maximum atomic E-state index is 14.1. The number of carbonyl (C=O) groups excluding carboxylic acids is 1. The van der Waals surface area contributed by atoms with Crippen molar-refractivity contribution in [1.29, 1.82) is 0 Å². The van der Waals surface area contributed by atoms with Crippen LogP contribution in [0.3, 0.4) is 0 Å². The number of hydrogen-bond donors (Lipinski definition) is 1. The van der Waals surface area contributed by atoms with Gasteiger partial charge in [0.25, 0.3) is 5.91 Å². The number of nitrogens with one attached hydrogen (secondary N) is 1. The van der Waals surface area contributed by atoms with Gasteiger partial charge >= 0.3 is 0 Å². The molecule has 0 radical (unpaired) electrons. The minimum absolute atomic E-state index is 0. The highest BCUT2D eigenvalue weighted by molar-refractivity contribution is 5.94. The van der Waals surface area contributed by atoms with E-state index in [4.69, 9.17) is 9.47 Å². The van der Waals surface area contributed by atoms with Crippen molar-refractivity contribution in [2.24, 2.45) is 0 Å². The molecule has 0 spiro atoms. The molecular weight excluding hydrogens is 385 g/mol. The fourth-order valence-electron chi connectivity index (χ4n) is 3.13. The van der Waals surface area contributed by atoms with Gasteiger partial charge in [-0.2, -0.15) is 0 Å². The summed E-state index contributed by atoms with van der Waals surface area (Å²) < 4.78 is 24.4. The Kier molecular flexibility index (Phi) is 8.79. The summed E-state index contributed by atoms with van der Waals surface area (Å²) in [6.45, 7) is 2.87. The van der Waals surface area contributed by atoms with E-state index in [-0.39, 0.29) is 36.8 Å². The maximum absolute atomic E-state index is 14.1. The average molecular weight is 410 g/mol. The number of methoxy groups -OCH3 is 1. The summed E-state index contributed by atoms with van der Waals surface area (Å²) >= 11 is 0. The van der Waals surface area contributed by atoms with Crippen LogP contribution in [0.4, 0.5) is 4.39 Å². The van der Waals surface area contributed by atoms with Crippen LogP contribution in [0.5, 0.6) is 0 Å². The molecule has 28 heavy (non-hydrogen) atoms. The Morgan fingerprint density at radius 1 is 1.36 bits per heavy atom. The van der Waals surface area contributed by atoms with E-state index in [2.05, 4.69) is 10.3 Å². The van der Waals surface area contributed by atoms with Crippen molar-refractivity contribution >= 4 is 18.3 Å². The molecule has 3 rings (SSSR count). The Morgan fingerprint density at radius 3 is 2.96 bits per heavy atom. The number of ether oxygens (including phenoxy) is 2. The van der Waals surface area contributed by atoms with Gasteiger partial charge in [0, 0.05) is 50.3 Å². The van der Waals surface area contributed by atoms with Gasteiger partial charge in [0.2, 0.25) is 0 Å². The normalized spacial score (nSPS) is 16.5. The van der Waals surface area contributed by atoms with E-state index in [0.717, 1.165) is 12.1 Å². The molecule has 0 saturated carbocycles. The topological polar surface area (TPSA) is 63.7 Å². The molecule has 1 amide bonds. The molecule has 8 heteroatoms. The van der Waals surface area contributed by atoms with Crippen molar-refractivity contribution in [3.63, 3.8) is 0 Å². The fourth-order valence-corrected chi connectivity index (χ4v) is 3.13. The highest BCUT2D eigenvalue weighted by Crippen LogP contribution is 2.24. The number of halogens is 2. The number of nitrogens with zero attached hydrogens (tertiary/aromatic N) is 2. The number of hydrogen-bond acceptors (Lipinski definition) is 5. The summed E-state index contributed by atoms with van der Waals surface area (Å²) in [5.41, 5.74) is 1.80. The molecule has 2 heterocycles. The summed E-state index contributed by atoms with van der Waals surface area (Å²) in [4.78, 5) is 19.1. The van der Waals surface area contributed by atoms with Gasteiger partial charge in [-0.1, -0.05) is 6.07 Å². The first-order valence-corrected chi connectivity index (χ1v) is 8.97. The third kappa shape index (κ3) is 5.48. The summed E-state index contributed by atoms with van der Waals surface area (Å²) in [6.07, 6.45) is 3.49. The van der Waals surface area contributed by atoms with Crippen LogP contribution in [0.2, 0.25) is 0 Å². The first-order valence-electron chi connectivity index (χ1n) is 8.97. The van der Waals surface area contributed by atoms with Gasteiger partial charge in [-0.05, 0) is 29.8 Å². The summed E-state index contributed by atoms with van der Waals surface area (Å²) in [5.74, 6) is -0.503. The SMILES string of the molecule is COCCOCc1cc(C(=O)N2CCNCC2c2cccnc2)ccc1F.Cl. The molecule has 1 unspecified atom stereocenters. The van der Waals surface area contributed by atoms with E-state index in [1.54, 1.807) is 25.6 Å². The lowest BCUT2D eigenvalue weighted by Gasteiger charge is -2.36. The molecule has 1 N–H and O–H groups in total. The molecule has 6 nitrogen and oxygen atoms in total. The second-order valence-electron chi connectivity index (χ2n) is 6.36. The van der Waals surface area contributed by atoms with Crippen molar-refractivity contribution < 1.29 is 18.7 Å². The lowest BCUT2D eigenvalue weighted by Crippen LogP contribution is -2.48. The van der Waals surface area contributed by atoms with E-state index in [1.807, 2.05) is 17.0 Å². The summed E-state index contributed by atoms with van der Waals surface area (Å²) in [5, 5.41) is 3.32. The van der Waals surface area contributed by atoms with Gasteiger partial charge in [0.05, 0.1) is 25.9 Å². The minimum atomic E-state index is -0.381. The molecule has 1 atom stereocenters. The largest absolute Gasteiger partial charge is 0.382 e. The van der Waals surface area contributed by atoms with Crippen LogP contribution in [-0.4, -0.2) is 55.7 Å². The molecule has 1 aromatic carbocycles. The summed E-state index contributed by atoms with van der Waals surface area (Å²) in [6, 6.07) is 8.14. The Balaban J connectivity index is 0.00000280. The molecule has 1 aliphatic heterocycles. The maximum Gasteiger partial charge on any atom is 0.254 e. The van der Waals surface area contributed by atoms with Crippen molar-refractivity contribution in [3.8, 4) is 0 Å². The first-order chi connectivity index (χ1) is 13.2. The zero-order valence-electron chi connectivity index (χ0n) is 15.8. The number of benzene rings is 1. The number of carbonyl (C=O) groups is 1. The predicted octanol–water partition coefficient (Wildman–Crippen LogP) is 2.59. The van der Waals surface area contributed by atoms with Gasteiger partial charge in [-0.25, -0.2) is 4.39 Å². The van der Waals surface area contributed by atoms with Crippen LogP contribution in [0, 0.1) is 5.82 Å².